The van der Waals surface area contributed by atoms with E-state index in [1.54, 1.807) is 12.4 Å². The molecule has 0 aromatic carbocycles. The van der Waals surface area contributed by atoms with Crippen molar-refractivity contribution < 1.29 is 24.2 Å². The van der Waals surface area contributed by atoms with Crippen LogP contribution >= 0.6 is 11.8 Å². The van der Waals surface area contributed by atoms with Crippen LogP contribution in [-0.2, 0) is 32.2 Å². The molecule has 2 aromatic rings. The van der Waals surface area contributed by atoms with Gasteiger partial charge in [0.2, 0.25) is 5.91 Å². The molecule has 0 aliphatic carbocycles. The second kappa shape index (κ2) is 9.49. The average molecular weight is 455 g/mol. The van der Waals surface area contributed by atoms with Gasteiger partial charge < -0.3 is 9.84 Å². The average Bonchev–Trinajstić information content (AvgIpc) is 2.78. The fourth-order valence-corrected chi connectivity index (χ4v) is 5.24. The Morgan fingerprint density at radius 3 is 2.28 bits per heavy atom. The van der Waals surface area contributed by atoms with Crippen LogP contribution in [0.15, 0.2) is 60.1 Å². The van der Waals surface area contributed by atoms with Crippen molar-refractivity contribution in [2.45, 2.75) is 31.4 Å². The lowest BCUT2D eigenvalue weighted by molar-refractivity contribution is -0.155. The first-order chi connectivity index (χ1) is 15.5. The molecule has 0 unspecified atom stereocenters. The molecule has 2 aromatic heterocycles. The van der Waals surface area contributed by atoms with E-state index in [0.717, 1.165) is 11.4 Å². The molecule has 4 heterocycles. The first-order valence-electron chi connectivity index (χ1n) is 10.0. The highest BCUT2D eigenvalue weighted by atomic mass is 32.2. The number of hydrogen-bond donors (Lipinski definition) is 1. The Bertz CT molecular complexity index is 1010. The standard InChI is InChI=1S/C22H22N4O5S/c1-14(27)31-12-15-13-32-21-19(20(28)26(21)18(15)22(29)30)25(10-16-6-2-4-8-23-16)11-17-7-3-5-9-24-17/h2-9,19,21H,10-13H2,1H3,(H,29,30)/t19-,21+/m1/s1. The summed E-state index contributed by atoms with van der Waals surface area (Å²) in [5.74, 6) is -1.64. The van der Waals surface area contributed by atoms with Crippen LogP contribution < -0.4 is 0 Å². The van der Waals surface area contributed by atoms with Gasteiger partial charge in [0.15, 0.2) is 0 Å². The monoisotopic (exact) mass is 454 g/mol. The van der Waals surface area contributed by atoms with E-state index in [9.17, 15) is 19.5 Å². The molecular weight excluding hydrogens is 432 g/mol. The summed E-state index contributed by atoms with van der Waals surface area (Å²) in [7, 11) is 0. The lowest BCUT2D eigenvalue weighted by atomic mass is 10.0. The predicted octanol–water partition coefficient (Wildman–Crippen LogP) is 1.66. The van der Waals surface area contributed by atoms with E-state index in [1.807, 2.05) is 41.3 Å². The van der Waals surface area contributed by atoms with E-state index in [1.165, 1.54) is 23.6 Å². The highest BCUT2D eigenvalue weighted by Crippen LogP contribution is 2.43. The van der Waals surface area contributed by atoms with Gasteiger partial charge in [-0.05, 0) is 24.3 Å². The van der Waals surface area contributed by atoms with Crippen molar-refractivity contribution in [2.75, 3.05) is 12.4 Å². The van der Waals surface area contributed by atoms with Crippen molar-refractivity contribution in [1.29, 1.82) is 0 Å². The van der Waals surface area contributed by atoms with Crippen molar-refractivity contribution in [3.05, 3.63) is 71.4 Å². The normalized spacial score (nSPS) is 20.1. The Labute approximate surface area is 189 Å². The second-order valence-electron chi connectivity index (χ2n) is 7.44. The number of fused-ring (bicyclic) bond motifs is 1. The molecule has 1 N–H and O–H groups in total. The van der Waals surface area contributed by atoms with Crippen molar-refractivity contribution >= 4 is 29.6 Å². The molecule has 32 heavy (non-hydrogen) atoms. The van der Waals surface area contributed by atoms with E-state index >= 15 is 0 Å². The number of β-lactam (4-membered cyclic amide) rings is 1. The molecule has 2 aliphatic rings. The lowest BCUT2D eigenvalue weighted by Gasteiger charge is -2.52. The third kappa shape index (κ3) is 4.51. The summed E-state index contributed by atoms with van der Waals surface area (Å²) in [4.78, 5) is 48.4. The number of aliphatic carboxylic acids is 1. The van der Waals surface area contributed by atoms with Crippen LogP contribution in [0.5, 0.6) is 0 Å². The number of amides is 1. The van der Waals surface area contributed by atoms with Gasteiger partial charge >= 0.3 is 11.9 Å². The molecule has 0 saturated carbocycles. The third-order valence-electron chi connectivity index (χ3n) is 5.25. The zero-order valence-electron chi connectivity index (χ0n) is 17.4. The predicted molar refractivity (Wildman–Crippen MR) is 116 cm³/mol. The van der Waals surface area contributed by atoms with Crippen LogP contribution in [0, 0.1) is 0 Å². The molecule has 9 nitrogen and oxygen atoms in total. The van der Waals surface area contributed by atoms with E-state index in [-0.39, 0.29) is 23.6 Å². The maximum Gasteiger partial charge on any atom is 0.352 e. The number of carbonyl (C=O) groups is 3. The first-order valence-corrected chi connectivity index (χ1v) is 11.1. The highest BCUT2D eigenvalue weighted by Gasteiger charge is 2.55. The number of thioether (sulfide) groups is 1. The fourth-order valence-electron chi connectivity index (χ4n) is 3.82. The Kier molecular flexibility index (Phi) is 6.52. The van der Waals surface area contributed by atoms with Gasteiger partial charge in [0.05, 0.1) is 11.4 Å². The van der Waals surface area contributed by atoms with Crippen LogP contribution in [0.25, 0.3) is 0 Å². The van der Waals surface area contributed by atoms with Gasteiger partial charge in [-0.2, -0.15) is 0 Å². The van der Waals surface area contributed by atoms with Crippen LogP contribution in [0.3, 0.4) is 0 Å². The Hall–Kier alpha value is -3.24. The summed E-state index contributed by atoms with van der Waals surface area (Å²) in [5, 5.41) is 9.41. The summed E-state index contributed by atoms with van der Waals surface area (Å²) in [6, 6.07) is 10.7. The molecule has 0 radical (unpaired) electrons. The molecule has 1 fully saturated rings. The number of nitrogens with zero attached hydrogens (tertiary/aromatic N) is 4. The molecule has 10 heteroatoms. The van der Waals surface area contributed by atoms with E-state index in [0.29, 0.717) is 24.4 Å². The lowest BCUT2D eigenvalue weighted by Crippen LogP contribution is -2.70. The number of pyridine rings is 2. The molecule has 4 rings (SSSR count). The molecule has 166 valence electrons. The van der Waals surface area contributed by atoms with Crippen molar-refractivity contribution in [3.8, 4) is 0 Å². The zero-order chi connectivity index (χ0) is 22.7. The molecule has 2 aliphatic heterocycles. The molecular formula is C22H22N4O5S. The summed E-state index contributed by atoms with van der Waals surface area (Å²) in [5.41, 5.74) is 1.94. The van der Waals surface area contributed by atoms with Gasteiger partial charge in [0, 0.05) is 43.7 Å². The van der Waals surface area contributed by atoms with Crippen LogP contribution in [0.4, 0.5) is 0 Å². The highest BCUT2D eigenvalue weighted by molar-refractivity contribution is 8.00. The van der Waals surface area contributed by atoms with E-state index in [2.05, 4.69) is 9.97 Å². The number of carboxylic acids is 1. The quantitative estimate of drug-likeness (QED) is 0.470. The van der Waals surface area contributed by atoms with Gasteiger partial charge in [0.1, 0.15) is 23.7 Å². The van der Waals surface area contributed by atoms with Gasteiger partial charge in [-0.3, -0.25) is 29.4 Å². The van der Waals surface area contributed by atoms with E-state index < -0.39 is 18.0 Å². The smallest absolute Gasteiger partial charge is 0.352 e. The first kappa shape index (κ1) is 22.0. The third-order valence-corrected chi connectivity index (χ3v) is 6.57. The number of rotatable bonds is 8. The van der Waals surface area contributed by atoms with Gasteiger partial charge in [-0.25, -0.2) is 4.79 Å². The zero-order valence-corrected chi connectivity index (χ0v) is 18.2. The van der Waals surface area contributed by atoms with Gasteiger partial charge in [-0.15, -0.1) is 11.8 Å². The maximum atomic E-state index is 13.2. The Morgan fingerprint density at radius 1 is 1.16 bits per heavy atom. The largest absolute Gasteiger partial charge is 0.477 e. The number of ether oxygens (including phenoxy) is 1. The molecule has 0 spiro atoms. The molecule has 1 amide bonds. The molecule has 2 atom stereocenters. The summed E-state index contributed by atoms with van der Waals surface area (Å²) < 4.78 is 5.00. The maximum absolute atomic E-state index is 13.2. The summed E-state index contributed by atoms with van der Waals surface area (Å²) >= 11 is 1.47. The number of aromatic nitrogens is 2. The number of hydrogen-bond acceptors (Lipinski definition) is 8. The van der Waals surface area contributed by atoms with Crippen molar-refractivity contribution in [2.24, 2.45) is 0 Å². The Morgan fingerprint density at radius 2 is 1.78 bits per heavy atom. The summed E-state index contributed by atoms with van der Waals surface area (Å²) in [6.45, 7) is 1.96. The van der Waals surface area contributed by atoms with E-state index in [4.69, 9.17) is 4.74 Å². The van der Waals surface area contributed by atoms with Crippen LogP contribution in [0.2, 0.25) is 0 Å². The van der Waals surface area contributed by atoms with Crippen LogP contribution in [-0.4, -0.2) is 66.5 Å². The Balaban J connectivity index is 1.60. The molecule has 1 saturated heterocycles. The minimum atomic E-state index is -1.20. The number of esters is 1. The summed E-state index contributed by atoms with van der Waals surface area (Å²) in [6.07, 6.45) is 3.40. The topological polar surface area (TPSA) is 113 Å². The number of carboxylic acid groups (broad SMARTS) is 1. The van der Waals surface area contributed by atoms with Gasteiger partial charge in [0.25, 0.3) is 0 Å². The minimum absolute atomic E-state index is 0.0909. The minimum Gasteiger partial charge on any atom is -0.477 e. The van der Waals surface area contributed by atoms with Crippen LogP contribution in [0.1, 0.15) is 18.3 Å². The fraction of sp³-hybridized carbons (Fsp3) is 0.318. The SMILES string of the molecule is CC(=O)OCC1=C(C(=O)O)N2C(=O)[C@@H](N(Cc3ccccn3)Cc3ccccn3)[C@@H]2SC1. The van der Waals surface area contributed by atoms with Gasteiger partial charge in [-0.1, -0.05) is 12.1 Å². The molecule has 0 bridgehead atoms. The van der Waals surface area contributed by atoms with Crippen molar-refractivity contribution in [1.82, 2.24) is 19.8 Å². The number of carbonyl (C=O) groups excluding carboxylic acids is 2. The van der Waals surface area contributed by atoms with Crippen molar-refractivity contribution in [3.63, 3.8) is 0 Å². The second-order valence-corrected chi connectivity index (χ2v) is 8.54.